The van der Waals surface area contributed by atoms with Crippen molar-refractivity contribution in [3.05, 3.63) is 60.0 Å². The SMILES string of the molecule is Cl.Cl.O=C(Cn1ccc(C2CCCNC2)n1)NCc1ccnc2ccccc12. The zero-order valence-corrected chi connectivity index (χ0v) is 17.1. The van der Waals surface area contributed by atoms with Gasteiger partial charge in [-0.3, -0.25) is 14.5 Å². The van der Waals surface area contributed by atoms with Crippen LogP contribution >= 0.6 is 24.8 Å². The highest BCUT2D eigenvalue weighted by atomic mass is 35.5. The molecule has 1 saturated heterocycles. The number of fused-ring (bicyclic) bond motifs is 1. The van der Waals surface area contributed by atoms with E-state index in [-0.39, 0.29) is 37.3 Å². The average Bonchev–Trinajstić information content (AvgIpc) is 3.15. The smallest absolute Gasteiger partial charge is 0.241 e. The van der Waals surface area contributed by atoms with Gasteiger partial charge in [0.2, 0.25) is 5.91 Å². The van der Waals surface area contributed by atoms with Gasteiger partial charge in [-0.05, 0) is 43.1 Å². The van der Waals surface area contributed by atoms with E-state index in [0.717, 1.165) is 41.7 Å². The molecule has 1 atom stereocenters. The molecule has 0 spiro atoms. The van der Waals surface area contributed by atoms with Crippen molar-refractivity contribution in [2.75, 3.05) is 13.1 Å². The third-order valence-electron chi connectivity index (χ3n) is 4.90. The molecule has 8 heteroatoms. The first-order valence-corrected chi connectivity index (χ1v) is 9.13. The molecule has 1 aromatic carbocycles. The molecule has 0 saturated carbocycles. The molecular formula is C20H25Cl2N5O. The Balaban J connectivity index is 0.00000140. The standard InChI is InChI=1S/C20H23N5O.2ClH/c26-20(14-25-11-8-18(24-25)16-4-3-9-21-12-16)23-13-15-7-10-22-19-6-2-1-5-17(15)19;;/h1-2,5-8,10-11,16,21H,3-4,9,12-14H2,(H,23,26);2*1H. The monoisotopic (exact) mass is 421 g/mol. The van der Waals surface area contributed by atoms with E-state index in [4.69, 9.17) is 0 Å². The van der Waals surface area contributed by atoms with Crippen LogP contribution in [-0.4, -0.2) is 33.8 Å². The number of carbonyl (C=O) groups is 1. The molecule has 1 aliphatic rings. The van der Waals surface area contributed by atoms with Crippen molar-refractivity contribution in [2.45, 2.75) is 31.8 Å². The van der Waals surface area contributed by atoms with Crippen LogP contribution in [0.4, 0.5) is 0 Å². The second kappa shape index (κ2) is 10.4. The molecule has 1 fully saturated rings. The van der Waals surface area contributed by atoms with Crippen molar-refractivity contribution in [2.24, 2.45) is 0 Å². The van der Waals surface area contributed by atoms with Crippen molar-refractivity contribution < 1.29 is 4.79 Å². The van der Waals surface area contributed by atoms with Crippen LogP contribution < -0.4 is 10.6 Å². The lowest BCUT2D eigenvalue weighted by molar-refractivity contribution is -0.122. The minimum atomic E-state index is -0.0395. The van der Waals surface area contributed by atoms with E-state index in [9.17, 15) is 4.79 Å². The van der Waals surface area contributed by atoms with Crippen molar-refractivity contribution in [1.29, 1.82) is 0 Å². The quantitative estimate of drug-likeness (QED) is 0.663. The molecule has 0 bridgehead atoms. The molecule has 0 radical (unpaired) electrons. The molecule has 2 aromatic heterocycles. The number of piperidine rings is 1. The van der Waals surface area contributed by atoms with Gasteiger partial charge >= 0.3 is 0 Å². The van der Waals surface area contributed by atoms with Crippen molar-refractivity contribution in [3.8, 4) is 0 Å². The highest BCUT2D eigenvalue weighted by Crippen LogP contribution is 2.21. The minimum absolute atomic E-state index is 0. The highest BCUT2D eigenvalue weighted by molar-refractivity contribution is 5.85. The molecule has 4 rings (SSSR count). The van der Waals surface area contributed by atoms with E-state index < -0.39 is 0 Å². The first kappa shape index (κ1) is 22.1. The zero-order valence-electron chi connectivity index (χ0n) is 15.5. The molecular weight excluding hydrogens is 397 g/mol. The Hall–Kier alpha value is -2.15. The molecule has 3 heterocycles. The number of hydrogen-bond donors (Lipinski definition) is 2. The van der Waals surface area contributed by atoms with Gasteiger partial charge in [0, 0.05) is 36.8 Å². The maximum atomic E-state index is 12.3. The van der Waals surface area contributed by atoms with Crippen LogP contribution in [0.3, 0.4) is 0 Å². The number of pyridine rings is 1. The van der Waals surface area contributed by atoms with Gasteiger partial charge in [0.1, 0.15) is 6.54 Å². The highest BCUT2D eigenvalue weighted by Gasteiger charge is 2.17. The van der Waals surface area contributed by atoms with Gasteiger partial charge in [0.15, 0.2) is 0 Å². The topological polar surface area (TPSA) is 71.8 Å². The number of aromatic nitrogens is 3. The Morgan fingerprint density at radius 2 is 2.07 bits per heavy atom. The summed E-state index contributed by atoms with van der Waals surface area (Å²) in [4.78, 5) is 16.7. The van der Waals surface area contributed by atoms with E-state index in [1.165, 1.54) is 6.42 Å². The van der Waals surface area contributed by atoms with E-state index in [1.54, 1.807) is 10.9 Å². The van der Waals surface area contributed by atoms with Gasteiger partial charge in [-0.1, -0.05) is 18.2 Å². The summed E-state index contributed by atoms with van der Waals surface area (Å²) in [6.45, 7) is 2.79. The van der Waals surface area contributed by atoms with E-state index in [2.05, 4.69) is 20.7 Å². The van der Waals surface area contributed by atoms with Gasteiger partial charge < -0.3 is 10.6 Å². The normalized spacial score (nSPS) is 16.1. The zero-order chi connectivity index (χ0) is 17.8. The summed E-state index contributed by atoms with van der Waals surface area (Å²) in [5, 5.41) is 12.0. The fourth-order valence-electron chi connectivity index (χ4n) is 3.49. The van der Waals surface area contributed by atoms with Gasteiger partial charge in [-0.25, -0.2) is 0 Å². The summed E-state index contributed by atoms with van der Waals surface area (Å²) in [6.07, 6.45) is 6.01. The van der Waals surface area contributed by atoms with Crippen molar-refractivity contribution in [3.63, 3.8) is 0 Å². The van der Waals surface area contributed by atoms with Crippen LogP contribution in [0.1, 0.15) is 30.0 Å². The van der Waals surface area contributed by atoms with E-state index in [0.29, 0.717) is 12.5 Å². The van der Waals surface area contributed by atoms with Crippen LogP contribution in [0.5, 0.6) is 0 Å². The lowest BCUT2D eigenvalue weighted by Crippen LogP contribution is -2.29. The summed E-state index contributed by atoms with van der Waals surface area (Å²) in [6, 6.07) is 11.9. The first-order valence-electron chi connectivity index (χ1n) is 9.13. The number of para-hydroxylation sites is 1. The predicted molar refractivity (Wildman–Crippen MR) is 115 cm³/mol. The number of nitrogens with one attached hydrogen (secondary N) is 2. The molecule has 6 nitrogen and oxygen atoms in total. The second-order valence-corrected chi connectivity index (χ2v) is 6.75. The van der Waals surface area contributed by atoms with Gasteiger partial charge in [-0.15, -0.1) is 24.8 Å². The molecule has 0 aliphatic carbocycles. The first-order chi connectivity index (χ1) is 12.8. The van der Waals surface area contributed by atoms with Gasteiger partial charge in [-0.2, -0.15) is 5.10 Å². The number of carbonyl (C=O) groups excluding carboxylic acids is 1. The molecule has 2 N–H and O–H groups in total. The van der Waals surface area contributed by atoms with Crippen molar-refractivity contribution in [1.82, 2.24) is 25.4 Å². The molecule has 1 amide bonds. The largest absolute Gasteiger partial charge is 0.350 e. The lowest BCUT2D eigenvalue weighted by atomic mass is 9.97. The Morgan fingerprint density at radius 3 is 2.89 bits per heavy atom. The van der Waals surface area contributed by atoms with E-state index in [1.807, 2.05) is 42.6 Å². The van der Waals surface area contributed by atoms with Gasteiger partial charge in [0.05, 0.1) is 11.2 Å². The summed E-state index contributed by atoms with van der Waals surface area (Å²) in [5.74, 6) is 0.415. The lowest BCUT2D eigenvalue weighted by Gasteiger charge is -2.20. The molecule has 3 aromatic rings. The maximum Gasteiger partial charge on any atom is 0.241 e. The maximum absolute atomic E-state index is 12.3. The van der Waals surface area contributed by atoms with Crippen LogP contribution in [0.15, 0.2) is 48.8 Å². The average molecular weight is 422 g/mol. The predicted octanol–water partition coefficient (Wildman–Crippen LogP) is 3.06. The Labute approximate surface area is 176 Å². The van der Waals surface area contributed by atoms with Crippen LogP contribution in [0.25, 0.3) is 10.9 Å². The number of nitrogens with zero attached hydrogens (tertiary/aromatic N) is 3. The number of rotatable bonds is 5. The second-order valence-electron chi connectivity index (χ2n) is 6.75. The number of amides is 1. The van der Waals surface area contributed by atoms with E-state index >= 15 is 0 Å². The molecule has 150 valence electrons. The fourth-order valence-corrected chi connectivity index (χ4v) is 3.49. The van der Waals surface area contributed by atoms with Gasteiger partial charge in [0.25, 0.3) is 0 Å². The number of benzene rings is 1. The fraction of sp³-hybridized carbons (Fsp3) is 0.350. The molecule has 28 heavy (non-hydrogen) atoms. The summed E-state index contributed by atoms with van der Waals surface area (Å²) in [7, 11) is 0. The molecule has 1 aliphatic heterocycles. The summed E-state index contributed by atoms with van der Waals surface area (Å²) in [5.41, 5.74) is 3.08. The van der Waals surface area contributed by atoms with Crippen LogP contribution in [0, 0.1) is 0 Å². The Bertz CT molecular complexity index is 903. The number of hydrogen-bond acceptors (Lipinski definition) is 4. The third-order valence-corrected chi connectivity index (χ3v) is 4.90. The number of halogens is 2. The molecule has 1 unspecified atom stereocenters. The Kier molecular flexibility index (Phi) is 8.23. The van der Waals surface area contributed by atoms with Crippen LogP contribution in [0.2, 0.25) is 0 Å². The van der Waals surface area contributed by atoms with Crippen molar-refractivity contribution >= 4 is 41.6 Å². The summed E-state index contributed by atoms with van der Waals surface area (Å²) >= 11 is 0. The van der Waals surface area contributed by atoms with Crippen LogP contribution in [-0.2, 0) is 17.9 Å². The Morgan fingerprint density at radius 1 is 1.21 bits per heavy atom. The third kappa shape index (κ3) is 5.22. The minimum Gasteiger partial charge on any atom is -0.350 e. The summed E-state index contributed by atoms with van der Waals surface area (Å²) < 4.78 is 1.73.